The molecular formula is C27H26FN7O2S. The Morgan fingerprint density at radius 3 is 2.47 bits per heavy atom. The molecule has 0 spiro atoms. The summed E-state index contributed by atoms with van der Waals surface area (Å²) in [5.74, 6) is 0.650. The first kappa shape index (κ1) is 25.5. The predicted molar refractivity (Wildman–Crippen MR) is 142 cm³/mol. The highest BCUT2D eigenvalue weighted by Crippen LogP contribution is 2.31. The molecule has 1 aromatic carbocycles. The summed E-state index contributed by atoms with van der Waals surface area (Å²) in [4.78, 5) is 31.0. The van der Waals surface area contributed by atoms with Crippen LogP contribution in [0.25, 0.3) is 0 Å². The van der Waals surface area contributed by atoms with Crippen LogP contribution >= 0.6 is 11.3 Å². The first-order valence-electron chi connectivity index (χ1n) is 12.4. The quantitative estimate of drug-likeness (QED) is 0.347. The van der Waals surface area contributed by atoms with Crippen LogP contribution in [0.2, 0.25) is 0 Å². The number of carbonyl (C=O) groups is 2. The highest BCUT2D eigenvalue weighted by atomic mass is 32.1. The monoisotopic (exact) mass is 531 g/mol. The van der Waals surface area contributed by atoms with Crippen LogP contribution in [0, 0.1) is 5.82 Å². The number of piperidine rings is 1. The molecule has 5 rings (SSSR count). The number of rotatable bonds is 9. The molecule has 194 valence electrons. The lowest BCUT2D eigenvalue weighted by Gasteiger charge is -2.31. The number of amides is 1. The van der Waals surface area contributed by atoms with Crippen LogP contribution in [0.15, 0.2) is 60.8 Å². The maximum atomic E-state index is 13.8. The lowest BCUT2D eigenvalue weighted by molar-refractivity contribution is -0.118. The number of hydrogen-bond acceptors (Lipinski definition) is 9. The molecule has 1 saturated heterocycles. The molecule has 4 aromatic rings. The van der Waals surface area contributed by atoms with E-state index in [1.165, 1.54) is 17.4 Å². The Labute approximate surface area is 223 Å². The second-order valence-electron chi connectivity index (χ2n) is 9.10. The third-order valence-corrected chi connectivity index (χ3v) is 7.42. The summed E-state index contributed by atoms with van der Waals surface area (Å²) in [6.07, 6.45) is 3.95. The number of anilines is 2. The van der Waals surface area contributed by atoms with Gasteiger partial charge in [0, 0.05) is 37.3 Å². The number of hydrogen-bond donors (Lipinski definition) is 1. The van der Waals surface area contributed by atoms with E-state index >= 15 is 0 Å². The van der Waals surface area contributed by atoms with Crippen molar-refractivity contribution in [2.75, 3.05) is 23.3 Å². The highest BCUT2D eigenvalue weighted by molar-refractivity contribution is 7.11. The summed E-state index contributed by atoms with van der Waals surface area (Å²) in [5, 5.41) is 21.4. The Kier molecular flexibility index (Phi) is 8.03. The predicted octanol–water partition coefficient (Wildman–Crippen LogP) is 3.78. The third-order valence-electron chi connectivity index (χ3n) is 6.33. The molecule has 9 nitrogen and oxygen atoms in total. The first-order chi connectivity index (χ1) is 18.5. The Morgan fingerprint density at radius 2 is 1.74 bits per heavy atom. The number of nitrogens with zero attached hydrogens (tertiary/aromatic N) is 6. The van der Waals surface area contributed by atoms with E-state index in [2.05, 4.69) is 35.6 Å². The van der Waals surface area contributed by atoms with Gasteiger partial charge in [-0.2, -0.15) is 0 Å². The fourth-order valence-corrected chi connectivity index (χ4v) is 5.40. The molecule has 11 heteroatoms. The van der Waals surface area contributed by atoms with E-state index in [1.807, 2.05) is 24.3 Å². The zero-order chi connectivity index (χ0) is 26.3. The molecule has 0 unspecified atom stereocenters. The van der Waals surface area contributed by atoms with Gasteiger partial charge < -0.3 is 10.2 Å². The van der Waals surface area contributed by atoms with Crippen molar-refractivity contribution >= 4 is 34.7 Å². The normalized spacial score (nSPS) is 13.9. The van der Waals surface area contributed by atoms with E-state index in [4.69, 9.17) is 0 Å². The van der Waals surface area contributed by atoms with Crippen molar-refractivity contribution < 1.29 is 14.0 Å². The molecule has 3 aromatic heterocycles. The van der Waals surface area contributed by atoms with Gasteiger partial charge in [-0.3, -0.25) is 14.6 Å². The van der Waals surface area contributed by atoms with E-state index in [1.54, 1.807) is 30.5 Å². The maximum Gasteiger partial charge on any atom is 0.230 e. The summed E-state index contributed by atoms with van der Waals surface area (Å²) in [6.45, 7) is 1.57. The van der Waals surface area contributed by atoms with E-state index in [-0.39, 0.29) is 30.4 Å². The van der Waals surface area contributed by atoms with Crippen LogP contribution in [0.3, 0.4) is 0 Å². The fourth-order valence-electron chi connectivity index (χ4n) is 4.36. The molecule has 0 saturated carbocycles. The molecule has 1 amide bonds. The van der Waals surface area contributed by atoms with Gasteiger partial charge in [0.05, 0.1) is 12.8 Å². The Morgan fingerprint density at radius 1 is 0.921 bits per heavy atom. The number of halogens is 1. The molecule has 4 heterocycles. The van der Waals surface area contributed by atoms with Gasteiger partial charge in [0.1, 0.15) is 21.6 Å². The van der Waals surface area contributed by atoms with Crippen LogP contribution in [0.4, 0.5) is 16.0 Å². The number of pyridine rings is 1. The molecule has 0 aliphatic carbocycles. The minimum Gasteiger partial charge on any atom is -0.355 e. The van der Waals surface area contributed by atoms with E-state index < -0.39 is 5.82 Å². The van der Waals surface area contributed by atoms with Gasteiger partial charge in [0.2, 0.25) is 5.91 Å². The van der Waals surface area contributed by atoms with Gasteiger partial charge in [-0.25, -0.2) is 4.39 Å². The maximum absolute atomic E-state index is 13.8. The number of Topliss-reactive ketones (excluding diaryl/α,β-unsaturated/α-hetero) is 1. The van der Waals surface area contributed by atoms with Crippen LogP contribution < -0.4 is 10.2 Å². The van der Waals surface area contributed by atoms with Crippen LogP contribution in [0.5, 0.6) is 0 Å². The van der Waals surface area contributed by atoms with Crippen LogP contribution in [0.1, 0.15) is 40.0 Å². The molecule has 1 N–H and O–H groups in total. The van der Waals surface area contributed by atoms with Crippen LogP contribution in [-0.2, 0) is 28.9 Å². The minimum atomic E-state index is -0.411. The Bertz CT molecular complexity index is 1390. The van der Waals surface area contributed by atoms with Gasteiger partial charge in [-0.15, -0.1) is 31.7 Å². The number of aromatic nitrogens is 5. The number of ketones is 1. The second kappa shape index (κ2) is 12.0. The molecule has 38 heavy (non-hydrogen) atoms. The standard InChI is InChI=1S/C27H26FN7O2S/c28-22-7-2-1-5-19(22)15-25(37)30-23-8-9-24(32-31-23)35-13-10-18(11-14-35)27-34-33-26(38-27)17-21(36)16-20-6-3-4-12-29-20/h1-9,12,18H,10-11,13-17H2,(H,30,31,37). The molecule has 0 radical (unpaired) electrons. The SMILES string of the molecule is O=C(Cc1ccccn1)Cc1nnc(C2CCN(c3ccc(NC(=O)Cc4ccccc4F)nn3)CC2)s1. The van der Waals surface area contributed by atoms with Gasteiger partial charge in [0.15, 0.2) is 11.6 Å². The van der Waals surface area contributed by atoms with Gasteiger partial charge in [0.25, 0.3) is 0 Å². The number of benzene rings is 1. The average Bonchev–Trinajstić information content (AvgIpc) is 3.39. The largest absolute Gasteiger partial charge is 0.355 e. The lowest BCUT2D eigenvalue weighted by atomic mass is 9.98. The van der Waals surface area contributed by atoms with Crippen molar-refractivity contribution in [1.29, 1.82) is 0 Å². The van der Waals surface area contributed by atoms with Gasteiger partial charge >= 0.3 is 0 Å². The van der Waals surface area contributed by atoms with Gasteiger partial charge in [-0.05, 0) is 48.7 Å². The van der Waals surface area contributed by atoms with Crippen molar-refractivity contribution in [1.82, 2.24) is 25.4 Å². The smallest absolute Gasteiger partial charge is 0.230 e. The van der Waals surface area contributed by atoms with Crippen molar-refractivity contribution in [2.45, 2.75) is 38.0 Å². The molecule has 1 fully saturated rings. The fraction of sp³-hybridized carbons (Fsp3) is 0.296. The second-order valence-corrected chi connectivity index (χ2v) is 10.2. The van der Waals surface area contributed by atoms with Crippen LogP contribution in [-0.4, -0.2) is 50.2 Å². The van der Waals surface area contributed by atoms with Gasteiger partial charge in [-0.1, -0.05) is 24.3 Å². The zero-order valence-corrected chi connectivity index (χ0v) is 21.4. The zero-order valence-electron chi connectivity index (χ0n) is 20.6. The van der Waals surface area contributed by atoms with Crippen molar-refractivity contribution in [3.63, 3.8) is 0 Å². The van der Waals surface area contributed by atoms with E-state index in [0.717, 1.165) is 47.5 Å². The summed E-state index contributed by atoms with van der Waals surface area (Å²) < 4.78 is 13.8. The Hall–Kier alpha value is -4.12. The number of nitrogens with one attached hydrogen (secondary N) is 1. The number of carbonyl (C=O) groups excluding carboxylic acids is 2. The van der Waals surface area contributed by atoms with E-state index in [9.17, 15) is 14.0 Å². The first-order valence-corrected chi connectivity index (χ1v) is 13.2. The summed E-state index contributed by atoms with van der Waals surface area (Å²) in [6, 6.07) is 15.3. The Balaban J connectivity index is 1.09. The topological polar surface area (TPSA) is 114 Å². The lowest BCUT2D eigenvalue weighted by Crippen LogP contribution is -2.33. The summed E-state index contributed by atoms with van der Waals surface area (Å²) in [7, 11) is 0. The van der Waals surface area contributed by atoms with E-state index in [0.29, 0.717) is 17.8 Å². The molecule has 0 atom stereocenters. The summed E-state index contributed by atoms with van der Waals surface area (Å²) in [5.41, 5.74) is 1.09. The molecule has 0 bridgehead atoms. The van der Waals surface area contributed by atoms with Crippen molar-refractivity contribution in [3.05, 3.63) is 87.9 Å². The van der Waals surface area contributed by atoms with Crippen molar-refractivity contribution in [3.8, 4) is 0 Å². The van der Waals surface area contributed by atoms with Crippen molar-refractivity contribution in [2.24, 2.45) is 0 Å². The minimum absolute atomic E-state index is 0.0741. The summed E-state index contributed by atoms with van der Waals surface area (Å²) >= 11 is 1.51. The molecule has 1 aliphatic heterocycles. The highest BCUT2D eigenvalue weighted by Gasteiger charge is 2.25. The molecule has 1 aliphatic rings. The molecular weight excluding hydrogens is 505 g/mol. The third kappa shape index (κ3) is 6.60. The average molecular weight is 532 g/mol.